The Morgan fingerprint density at radius 2 is 2.13 bits per heavy atom. The summed E-state index contributed by atoms with van der Waals surface area (Å²) < 4.78 is 5.00. The molecule has 1 rings (SSSR count). The summed E-state index contributed by atoms with van der Waals surface area (Å²) in [4.78, 5) is 12.4. The number of aromatic nitrogens is 3. The van der Waals surface area contributed by atoms with E-state index in [1.807, 2.05) is 0 Å². The van der Waals surface area contributed by atoms with E-state index in [-0.39, 0.29) is 0 Å². The Hall–Kier alpha value is -1.04. The molecule has 1 N–H and O–H groups in total. The zero-order valence-corrected chi connectivity index (χ0v) is 10.3. The van der Waals surface area contributed by atoms with E-state index in [4.69, 9.17) is 4.74 Å². The molecule has 15 heavy (non-hydrogen) atoms. The average molecular weight is 228 g/mol. The normalized spacial score (nSPS) is 12.3. The number of nitrogens with zero attached hydrogens (tertiary/aromatic N) is 3. The Kier molecular flexibility index (Phi) is 4.61. The van der Waals surface area contributed by atoms with Crippen LogP contribution in [0.25, 0.3) is 0 Å². The number of thioether (sulfide) groups is 1. The van der Waals surface area contributed by atoms with Gasteiger partial charge in [0.2, 0.25) is 5.95 Å². The highest BCUT2D eigenvalue weighted by atomic mass is 32.2. The highest BCUT2D eigenvalue weighted by Gasteiger charge is 2.09. The van der Waals surface area contributed by atoms with Crippen LogP contribution in [-0.4, -0.2) is 34.4 Å². The van der Waals surface area contributed by atoms with Gasteiger partial charge in [-0.3, -0.25) is 0 Å². The van der Waals surface area contributed by atoms with Gasteiger partial charge in [0.05, 0.1) is 7.11 Å². The summed E-state index contributed by atoms with van der Waals surface area (Å²) in [7, 11) is 3.32. The first-order chi connectivity index (χ1) is 7.19. The van der Waals surface area contributed by atoms with E-state index >= 15 is 0 Å². The average Bonchev–Trinajstić information content (AvgIpc) is 2.28. The molecule has 0 saturated carbocycles. The van der Waals surface area contributed by atoms with Gasteiger partial charge in [0, 0.05) is 12.3 Å². The van der Waals surface area contributed by atoms with Gasteiger partial charge in [0.25, 0.3) is 0 Å². The number of methoxy groups -OCH3 is 1. The van der Waals surface area contributed by atoms with Gasteiger partial charge in [0.1, 0.15) is 0 Å². The third-order valence-electron chi connectivity index (χ3n) is 1.88. The lowest BCUT2D eigenvalue weighted by atomic mass is 10.4. The van der Waals surface area contributed by atoms with Gasteiger partial charge < -0.3 is 10.1 Å². The molecular weight excluding hydrogens is 212 g/mol. The first-order valence-corrected chi connectivity index (χ1v) is 5.72. The number of rotatable bonds is 5. The maximum Gasteiger partial charge on any atom is 0.321 e. The molecule has 1 heterocycles. The van der Waals surface area contributed by atoms with Crippen LogP contribution in [0, 0.1) is 0 Å². The van der Waals surface area contributed by atoms with Crippen molar-refractivity contribution >= 4 is 17.7 Å². The van der Waals surface area contributed by atoms with Crippen molar-refractivity contribution in [3.8, 4) is 6.01 Å². The summed E-state index contributed by atoms with van der Waals surface area (Å²) in [5.74, 6) is 0.535. The van der Waals surface area contributed by atoms with Crippen LogP contribution < -0.4 is 10.1 Å². The minimum Gasteiger partial charge on any atom is -0.467 e. The van der Waals surface area contributed by atoms with Crippen molar-refractivity contribution in [1.29, 1.82) is 0 Å². The molecule has 6 heteroatoms. The van der Waals surface area contributed by atoms with E-state index in [1.165, 1.54) is 0 Å². The fourth-order valence-electron chi connectivity index (χ4n) is 0.857. The predicted octanol–water partition coefficient (Wildman–Crippen LogP) is 1.81. The fraction of sp³-hybridized carbons (Fsp3) is 0.667. The topological polar surface area (TPSA) is 59.9 Å². The molecule has 0 fully saturated rings. The maximum absolute atomic E-state index is 5.00. The van der Waals surface area contributed by atoms with Crippen molar-refractivity contribution in [3.63, 3.8) is 0 Å². The SMILES string of the molecule is CCC(C)Sc1nc(NC)nc(OC)n1. The Bertz CT molecular complexity index is 299. The molecular formula is C9H16N4OS. The van der Waals surface area contributed by atoms with Crippen LogP contribution in [0.2, 0.25) is 0 Å². The van der Waals surface area contributed by atoms with Crippen LogP contribution in [-0.2, 0) is 0 Å². The van der Waals surface area contributed by atoms with Crippen molar-refractivity contribution in [2.24, 2.45) is 0 Å². The highest BCUT2D eigenvalue weighted by Crippen LogP contribution is 2.23. The zero-order chi connectivity index (χ0) is 11.3. The lowest BCUT2D eigenvalue weighted by Crippen LogP contribution is -2.04. The monoisotopic (exact) mass is 228 g/mol. The number of anilines is 1. The molecule has 0 aliphatic carbocycles. The summed E-state index contributed by atoms with van der Waals surface area (Å²) in [5, 5.41) is 4.06. The minimum absolute atomic E-state index is 0.347. The van der Waals surface area contributed by atoms with E-state index in [2.05, 4.69) is 34.1 Å². The molecule has 84 valence electrons. The third kappa shape index (κ3) is 3.54. The summed E-state index contributed by atoms with van der Waals surface area (Å²) in [6.45, 7) is 4.27. The van der Waals surface area contributed by atoms with Crippen LogP contribution in [0.5, 0.6) is 6.01 Å². The molecule has 0 aliphatic heterocycles. The lowest BCUT2D eigenvalue weighted by molar-refractivity contribution is 0.373. The molecule has 0 aromatic carbocycles. The maximum atomic E-state index is 5.00. The molecule has 1 unspecified atom stereocenters. The summed E-state index contributed by atoms with van der Waals surface area (Å²) >= 11 is 1.62. The molecule has 0 amide bonds. The van der Waals surface area contributed by atoms with Crippen molar-refractivity contribution in [1.82, 2.24) is 15.0 Å². The lowest BCUT2D eigenvalue weighted by Gasteiger charge is -2.08. The van der Waals surface area contributed by atoms with Gasteiger partial charge in [-0.2, -0.15) is 15.0 Å². The van der Waals surface area contributed by atoms with E-state index in [0.29, 0.717) is 22.4 Å². The van der Waals surface area contributed by atoms with Gasteiger partial charge in [-0.05, 0) is 6.42 Å². The van der Waals surface area contributed by atoms with Crippen LogP contribution in [0.15, 0.2) is 5.16 Å². The molecule has 1 atom stereocenters. The first kappa shape index (κ1) is 12.0. The van der Waals surface area contributed by atoms with Crippen LogP contribution in [0.1, 0.15) is 20.3 Å². The van der Waals surface area contributed by atoms with Crippen LogP contribution in [0.4, 0.5) is 5.95 Å². The molecule has 0 saturated heterocycles. The molecule has 0 spiro atoms. The van der Waals surface area contributed by atoms with Gasteiger partial charge >= 0.3 is 6.01 Å². The van der Waals surface area contributed by atoms with E-state index in [1.54, 1.807) is 25.9 Å². The molecule has 0 aliphatic rings. The highest BCUT2D eigenvalue weighted by molar-refractivity contribution is 7.99. The number of ether oxygens (including phenoxy) is 1. The summed E-state index contributed by atoms with van der Waals surface area (Å²) in [6, 6.07) is 0.347. The quantitative estimate of drug-likeness (QED) is 0.776. The smallest absolute Gasteiger partial charge is 0.321 e. The Morgan fingerprint density at radius 3 is 2.67 bits per heavy atom. The minimum atomic E-state index is 0.347. The second-order valence-corrected chi connectivity index (χ2v) is 4.42. The van der Waals surface area contributed by atoms with Crippen molar-refractivity contribution in [2.75, 3.05) is 19.5 Å². The standard InChI is InChI=1S/C9H16N4OS/c1-5-6(2)15-9-12-7(10-3)11-8(13-9)14-4/h6H,5H2,1-4H3,(H,10,11,12,13). The number of hydrogen-bond donors (Lipinski definition) is 1. The van der Waals surface area contributed by atoms with Crippen LogP contribution >= 0.6 is 11.8 Å². The fourth-order valence-corrected chi connectivity index (χ4v) is 1.65. The molecule has 0 radical (unpaired) electrons. The second kappa shape index (κ2) is 5.75. The van der Waals surface area contributed by atoms with Gasteiger partial charge in [-0.15, -0.1) is 0 Å². The Morgan fingerprint density at radius 1 is 1.40 bits per heavy atom. The first-order valence-electron chi connectivity index (χ1n) is 4.84. The number of nitrogens with one attached hydrogen (secondary N) is 1. The molecule has 5 nitrogen and oxygen atoms in total. The van der Waals surface area contributed by atoms with E-state index in [9.17, 15) is 0 Å². The van der Waals surface area contributed by atoms with Crippen molar-refractivity contribution in [2.45, 2.75) is 30.7 Å². The molecule has 1 aromatic rings. The predicted molar refractivity (Wildman–Crippen MR) is 61.5 cm³/mol. The zero-order valence-electron chi connectivity index (χ0n) is 9.44. The van der Waals surface area contributed by atoms with Crippen molar-refractivity contribution < 1.29 is 4.74 Å². The molecule has 1 aromatic heterocycles. The summed E-state index contributed by atoms with van der Waals surface area (Å²) in [5.41, 5.74) is 0. The third-order valence-corrected chi connectivity index (χ3v) is 3.01. The van der Waals surface area contributed by atoms with E-state index in [0.717, 1.165) is 6.42 Å². The van der Waals surface area contributed by atoms with Gasteiger partial charge in [0.15, 0.2) is 5.16 Å². The number of hydrogen-bond acceptors (Lipinski definition) is 6. The van der Waals surface area contributed by atoms with Gasteiger partial charge in [-0.1, -0.05) is 25.6 Å². The van der Waals surface area contributed by atoms with Gasteiger partial charge in [-0.25, -0.2) is 0 Å². The van der Waals surface area contributed by atoms with Crippen molar-refractivity contribution in [3.05, 3.63) is 0 Å². The van der Waals surface area contributed by atoms with E-state index < -0.39 is 0 Å². The van der Waals surface area contributed by atoms with Crippen LogP contribution in [0.3, 0.4) is 0 Å². The Labute approximate surface area is 94.1 Å². The second-order valence-electron chi connectivity index (χ2n) is 3.02. The molecule has 0 bridgehead atoms. The largest absolute Gasteiger partial charge is 0.467 e. The summed E-state index contributed by atoms with van der Waals surface area (Å²) in [6.07, 6.45) is 1.08. The Balaban J connectivity index is 2.86.